The summed E-state index contributed by atoms with van der Waals surface area (Å²) >= 11 is 0. The monoisotopic (exact) mass is 297 g/mol. The summed E-state index contributed by atoms with van der Waals surface area (Å²) in [7, 11) is 0. The molecule has 3 N–H and O–H groups in total. The van der Waals surface area contributed by atoms with Crippen molar-refractivity contribution < 1.29 is 33.0 Å². The summed E-state index contributed by atoms with van der Waals surface area (Å²) in [5.41, 5.74) is 0. The molecule has 0 unspecified atom stereocenters. The highest BCUT2D eigenvalue weighted by Gasteiger charge is 2.38. The smallest absolute Gasteiger partial charge is 0.480 e. The highest BCUT2D eigenvalue weighted by Crippen LogP contribution is 2.38. The number of carbonyl (C=O) groups is 2. The van der Waals surface area contributed by atoms with Gasteiger partial charge >= 0.3 is 18.1 Å². The van der Waals surface area contributed by atoms with Crippen LogP contribution in [0.3, 0.4) is 0 Å². The van der Waals surface area contributed by atoms with Gasteiger partial charge in [0, 0.05) is 0 Å². The van der Waals surface area contributed by atoms with Crippen LogP contribution >= 0.6 is 0 Å². The Morgan fingerprint density at radius 3 is 2.05 bits per heavy atom. The predicted octanol–water partition coefficient (Wildman–Crippen LogP) is 1.87. The molecule has 2 rings (SSSR count). The van der Waals surface area contributed by atoms with Gasteiger partial charge in [-0.15, -0.1) is 0 Å². The van der Waals surface area contributed by atoms with Gasteiger partial charge in [-0.25, -0.2) is 4.79 Å². The van der Waals surface area contributed by atoms with Crippen molar-refractivity contribution in [2.24, 2.45) is 11.8 Å². The second-order valence-electron chi connectivity index (χ2n) is 5.22. The van der Waals surface area contributed by atoms with Crippen LogP contribution in [0.15, 0.2) is 0 Å². The zero-order chi connectivity index (χ0) is 15.3. The third kappa shape index (κ3) is 6.23. The van der Waals surface area contributed by atoms with Crippen LogP contribution in [-0.4, -0.2) is 40.9 Å². The topological polar surface area (TPSA) is 86.6 Å². The third-order valence-electron chi connectivity index (χ3n) is 3.42. The van der Waals surface area contributed by atoms with Crippen LogP contribution in [0.2, 0.25) is 0 Å². The first-order valence-electron chi connectivity index (χ1n) is 6.46. The Bertz CT molecular complexity index is 355. The number of alkyl halides is 3. The normalized spacial score (nSPS) is 26.4. The van der Waals surface area contributed by atoms with Gasteiger partial charge in [-0.05, 0) is 37.6 Å². The maximum absolute atomic E-state index is 10.7. The van der Waals surface area contributed by atoms with Crippen LogP contribution in [-0.2, 0) is 9.59 Å². The summed E-state index contributed by atoms with van der Waals surface area (Å²) in [5, 5.41) is 19.0. The summed E-state index contributed by atoms with van der Waals surface area (Å²) in [6.07, 6.45) is 0.945. The zero-order valence-corrected chi connectivity index (χ0v) is 10.8. The molecule has 1 saturated heterocycles. The van der Waals surface area contributed by atoms with Gasteiger partial charge < -0.3 is 15.5 Å². The molecule has 0 aromatic carbocycles. The minimum absolute atomic E-state index is 0.280. The lowest BCUT2D eigenvalue weighted by Gasteiger charge is -2.27. The molecule has 0 bridgehead atoms. The SMILES string of the molecule is O=C(O)C(F)(F)F.O=C(O)[C@H]1C[C@@H](CC2CC2)CCN1. The van der Waals surface area contributed by atoms with E-state index in [0.717, 1.165) is 18.9 Å². The number of rotatable bonds is 3. The fourth-order valence-electron chi connectivity index (χ4n) is 2.22. The van der Waals surface area contributed by atoms with Crippen LogP contribution in [0.25, 0.3) is 0 Å². The largest absolute Gasteiger partial charge is 0.490 e. The molecule has 0 amide bonds. The molecular weight excluding hydrogens is 279 g/mol. The minimum atomic E-state index is -5.08. The van der Waals surface area contributed by atoms with Crippen molar-refractivity contribution >= 4 is 11.9 Å². The van der Waals surface area contributed by atoms with Crippen molar-refractivity contribution in [3.8, 4) is 0 Å². The predicted molar refractivity (Wildman–Crippen MR) is 63.2 cm³/mol. The molecule has 1 aliphatic carbocycles. The fraction of sp³-hybridized carbons (Fsp3) is 0.833. The highest BCUT2D eigenvalue weighted by atomic mass is 19.4. The molecule has 1 aliphatic heterocycles. The molecule has 116 valence electrons. The average molecular weight is 297 g/mol. The van der Waals surface area contributed by atoms with Crippen molar-refractivity contribution in [3.05, 3.63) is 0 Å². The standard InChI is InChI=1S/C10H17NO2.C2HF3O2/c12-10(13)9-6-8(3-4-11-9)5-7-1-2-7;3-2(4,5)1(6)7/h7-9,11H,1-6H2,(H,12,13);(H,6,7)/t8-,9-;/m1./s1. The molecule has 1 heterocycles. The number of hydrogen-bond acceptors (Lipinski definition) is 3. The average Bonchev–Trinajstić information content (AvgIpc) is 3.13. The summed E-state index contributed by atoms with van der Waals surface area (Å²) < 4.78 is 31.7. The summed E-state index contributed by atoms with van der Waals surface area (Å²) in [6.45, 7) is 0.883. The van der Waals surface area contributed by atoms with Crippen molar-refractivity contribution in [1.82, 2.24) is 5.32 Å². The fourth-order valence-corrected chi connectivity index (χ4v) is 2.22. The Hall–Kier alpha value is -1.31. The Balaban J connectivity index is 0.000000246. The van der Waals surface area contributed by atoms with E-state index in [1.54, 1.807) is 0 Å². The van der Waals surface area contributed by atoms with Crippen LogP contribution < -0.4 is 5.32 Å². The lowest BCUT2D eigenvalue weighted by atomic mass is 9.88. The van der Waals surface area contributed by atoms with E-state index < -0.39 is 18.1 Å². The number of carboxylic acid groups (broad SMARTS) is 2. The Morgan fingerprint density at radius 1 is 1.10 bits per heavy atom. The Kier molecular flexibility index (Phi) is 5.79. The first-order valence-corrected chi connectivity index (χ1v) is 6.46. The van der Waals surface area contributed by atoms with Crippen LogP contribution in [0.1, 0.15) is 32.1 Å². The van der Waals surface area contributed by atoms with Gasteiger partial charge in [0.2, 0.25) is 0 Å². The molecule has 0 aromatic rings. The molecule has 2 fully saturated rings. The molecule has 8 heteroatoms. The van der Waals surface area contributed by atoms with Gasteiger partial charge in [-0.3, -0.25) is 4.79 Å². The van der Waals surface area contributed by atoms with E-state index in [1.807, 2.05) is 0 Å². The van der Waals surface area contributed by atoms with Crippen molar-refractivity contribution in [1.29, 1.82) is 0 Å². The van der Waals surface area contributed by atoms with Crippen molar-refractivity contribution in [2.45, 2.75) is 44.3 Å². The first kappa shape index (κ1) is 16.7. The minimum Gasteiger partial charge on any atom is -0.480 e. The van der Waals surface area contributed by atoms with E-state index in [4.69, 9.17) is 15.0 Å². The maximum Gasteiger partial charge on any atom is 0.490 e. The molecule has 1 saturated carbocycles. The first-order chi connectivity index (χ1) is 9.20. The summed E-state index contributed by atoms with van der Waals surface area (Å²) in [6, 6.07) is -0.280. The number of hydrogen-bond donors (Lipinski definition) is 3. The second kappa shape index (κ2) is 6.92. The molecule has 0 spiro atoms. The Morgan fingerprint density at radius 2 is 1.65 bits per heavy atom. The highest BCUT2D eigenvalue weighted by molar-refractivity contribution is 5.73. The molecular formula is C12H18F3NO4. The molecule has 20 heavy (non-hydrogen) atoms. The number of aliphatic carboxylic acids is 2. The maximum atomic E-state index is 10.7. The van der Waals surface area contributed by atoms with E-state index in [9.17, 15) is 18.0 Å². The lowest BCUT2D eigenvalue weighted by Crippen LogP contribution is -2.43. The van der Waals surface area contributed by atoms with Crippen molar-refractivity contribution in [3.63, 3.8) is 0 Å². The van der Waals surface area contributed by atoms with Gasteiger partial charge in [0.15, 0.2) is 0 Å². The van der Waals surface area contributed by atoms with E-state index in [1.165, 1.54) is 25.7 Å². The number of halogens is 3. The van der Waals surface area contributed by atoms with Crippen molar-refractivity contribution in [2.75, 3.05) is 6.54 Å². The Labute approximate surface area is 114 Å². The molecule has 5 nitrogen and oxygen atoms in total. The number of nitrogens with one attached hydrogen (secondary N) is 1. The number of carboxylic acids is 2. The van der Waals surface area contributed by atoms with Gasteiger partial charge in [0.05, 0.1) is 0 Å². The lowest BCUT2D eigenvalue weighted by molar-refractivity contribution is -0.192. The summed E-state index contributed by atoms with van der Waals surface area (Å²) in [4.78, 5) is 19.6. The zero-order valence-electron chi connectivity index (χ0n) is 10.8. The van der Waals surface area contributed by atoms with Gasteiger partial charge in [0.1, 0.15) is 6.04 Å². The van der Waals surface area contributed by atoms with Crippen LogP contribution in [0, 0.1) is 11.8 Å². The number of piperidine rings is 1. The van der Waals surface area contributed by atoms with E-state index in [-0.39, 0.29) is 6.04 Å². The van der Waals surface area contributed by atoms with Crippen LogP contribution in [0.5, 0.6) is 0 Å². The second-order valence-corrected chi connectivity index (χ2v) is 5.22. The van der Waals surface area contributed by atoms with Gasteiger partial charge in [0.25, 0.3) is 0 Å². The summed E-state index contributed by atoms with van der Waals surface area (Å²) in [5.74, 6) is -1.85. The van der Waals surface area contributed by atoms with E-state index in [2.05, 4.69) is 5.32 Å². The molecule has 0 radical (unpaired) electrons. The van der Waals surface area contributed by atoms with Gasteiger partial charge in [-0.2, -0.15) is 13.2 Å². The quantitative estimate of drug-likeness (QED) is 0.740. The van der Waals surface area contributed by atoms with Gasteiger partial charge in [-0.1, -0.05) is 12.8 Å². The molecule has 2 aliphatic rings. The molecule has 2 atom stereocenters. The van der Waals surface area contributed by atoms with E-state index in [0.29, 0.717) is 5.92 Å². The molecule has 0 aromatic heterocycles. The van der Waals surface area contributed by atoms with E-state index >= 15 is 0 Å². The van der Waals surface area contributed by atoms with Crippen LogP contribution in [0.4, 0.5) is 13.2 Å². The third-order valence-corrected chi connectivity index (χ3v) is 3.42.